The van der Waals surface area contributed by atoms with Gasteiger partial charge in [-0.2, -0.15) is 0 Å². The second-order valence-corrected chi connectivity index (χ2v) is 2.33. The Labute approximate surface area is 70.1 Å². The van der Waals surface area contributed by atoms with Crippen LogP contribution in [0.15, 0.2) is 18.2 Å². The summed E-state index contributed by atoms with van der Waals surface area (Å²) in [6.45, 7) is -0.502. The molecule has 0 heterocycles. The number of nitrogen functional groups attached to an aromatic ring is 2. The van der Waals surface area contributed by atoms with Crippen LogP contribution in [-0.4, -0.2) is 13.3 Å². The molecule has 1 aromatic rings. The Morgan fingerprint density at radius 2 is 2.08 bits per heavy atom. The summed E-state index contributed by atoms with van der Waals surface area (Å²) in [5.41, 5.74) is 12.0. The minimum atomic E-state index is -0.524. The van der Waals surface area contributed by atoms with E-state index >= 15 is 0 Å². The number of rotatable bonds is 3. The van der Waals surface area contributed by atoms with Gasteiger partial charge in [-0.15, -0.1) is 0 Å². The van der Waals surface area contributed by atoms with Crippen LogP contribution in [-0.2, 0) is 0 Å². The summed E-state index contributed by atoms with van der Waals surface area (Å²) in [5.74, 6) is 0.474. The summed E-state index contributed by atoms with van der Waals surface area (Å²) < 4.78 is 16.7. The van der Waals surface area contributed by atoms with Crippen molar-refractivity contribution in [3.8, 4) is 5.75 Å². The highest BCUT2D eigenvalue weighted by molar-refractivity contribution is 5.60. The van der Waals surface area contributed by atoms with Gasteiger partial charge in [-0.25, -0.2) is 4.39 Å². The molecule has 0 bridgehead atoms. The predicted molar refractivity (Wildman–Crippen MR) is 46.7 cm³/mol. The van der Waals surface area contributed by atoms with Crippen molar-refractivity contribution in [3.05, 3.63) is 18.2 Å². The third-order valence-corrected chi connectivity index (χ3v) is 1.37. The van der Waals surface area contributed by atoms with Crippen LogP contribution in [0.1, 0.15) is 0 Å². The summed E-state index contributed by atoms with van der Waals surface area (Å²) in [7, 11) is 0. The van der Waals surface area contributed by atoms with Gasteiger partial charge in [-0.1, -0.05) is 0 Å². The maximum Gasteiger partial charge on any atom is 0.142 e. The molecule has 0 aliphatic rings. The van der Waals surface area contributed by atoms with Crippen molar-refractivity contribution in [3.63, 3.8) is 0 Å². The van der Waals surface area contributed by atoms with Crippen LogP contribution < -0.4 is 16.2 Å². The molecule has 12 heavy (non-hydrogen) atoms. The van der Waals surface area contributed by atoms with Crippen molar-refractivity contribution in [2.45, 2.75) is 0 Å². The fraction of sp³-hybridized carbons (Fsp3) is 0.250. The molecular formula is C8H11FN2O. The lowest BCUT2D eigenvalue weighted by atomic mass is 10.2. The van der Waals surface area contributed by atoms with Gasteiger partial charge in [0.15, 0.2) is 0 Å². The zero-order valence-electron chi connectivity index (χ0n) is 6.59. The predicted octanol–water partition coefficient (Wildman–Crippen LogP) is 1.20. The first-order valence-electron chi connectivity index (χ1n) is 3.58. The number of halogens is 1. The molecule has 0 amide bonds. The maximum atomic E-state index is 11.7. The number of hydrogen-bond donors (Lipinski definition) is 2. The lowest BCUT2D eigenvalue weighted by molar-refractivity contribution is 0.274. The summed E-state index contributed by atoms with van der Waals surface area (Å²) >= 11 is 0. The SMILES string of the molecule is Nc1ccc(OCCF)c(N)c1. The first-order chi connectivity index (χ1) is 5.74. The van der Waals surface area contributed by atoms with Crippen LogP contribution in [0, 0.1) is 0 Å². The number of ether oxygens (including phenoxy) is 1. The molecule has 0 spiro atoms. The largest absolute Gasteiger partial charge is 0.489 e. The lowest BCUT2D eigenvalue weighted by Gasteiger charge is -2.06. The Balaban J connectivity index is 2.72. The van der Waals surface area contributed by atoms with E-state index in [2.05, 4.69) is 0 Å². The zero-order valence-corrected chi connectivity index (χ0v) is 6.59. The third-order valence-electron chi connectivity index (χ3n) is 1.37. The highest BCUT2D eigenvalue weighted by atomic mass is 19.1. The smallest absolute Gasteiger partial charge is 0.142 e. The molecule has 0 aromatic heterocycles. The Kier molecular flexibility index (Phi) is 2.74. The molecule has 3 nitrogen and oxygen atoms in total. The van der Waals surface area contributed by atoms with E-state index in [0.29, 0.717) is 17.1 Å². The summed E-state index contributed by atoms with van der Waals surface area (Å²) in [4.78, 5) is 0. The molecular weight excluding hydrogens is 159 g/mol. The van der Waals surface area contributed by atoms with E-state index in [0.717, 1.165) is 0 Å². The van der Waals surface area contributed by atoms with Crippen LogP contribution in [0.4, 0.5) is 15.8 Å². The molecule has 0 unspecified atom stereocenters. The second kappa shape index (κ2) is 3.80. The number of anilines is 2. The van der Waals surface area contributed by atoms with Crippen molar-refractivity contribution in [1.82, 2.24) is 0 Å². The molecule has 0 aliphatic carbocycles. The van der Waals surface area contributed by atoms with Crippen LogP contribution in [0.5, 0.6) is 5.75 Å². The van der Waals surface area contributed by atoms with E-state index in [9.17, 15) is 4.39 Å². The molecule has 0 fully saturated rings. The first kappa shape index (κ1) is 8.64. The standard InChI is InChI=1S/C8H11FN2O/c9-3-4-12-8-2-1-6(10)5-7(8)11/h1-2,5H,3-4,10-11H2. The summed E-state index contributed by atoms with van der Waals surface area (Å²) in [5, 5.41) is 0. The number of nitrogens with two attached hydrogens (primary N) is 2. The fourth-order valence-corrected chi connectivity index (χ4v) is 0.847. The minimum Gasteiger partial charge on any atom is -0.489 e. The van der Waals surface area contributed by atoms with Crippen LogP contribution in [0.2, 0.25) is 0 Å². The van der Waals surface area contributed by atoms with Gasteiger partial charge in [0, 0.05) is 5.69 Å². The lowest BCUT2D eigenvalue weighted by Crippen LogP contribution is -2.01. The molecule has 0 saturated heterocycles. The van der Waals surface area contributed by atoms with Gasteiger partial charge >= 0.3 is 0 Å². The van der Waals surface area contributed by atoms with E-state index < -0.39 is 6.67 Å². The molecule has 66 valence electrons. The first-order valence-corrected chi connectivity index (χ1v) is 3.58. The summed E-state index contributed by atoms with van der Waals surface area (Å²) in [6, 6.07) is 4.86. The van der Waals surface area contributed by atoms with Gasteiger partial charge < -0.3 is 16.2 Å². The van der Waals surface area contributed by atoms with Gasteiger partial charge in [0.1, 0.15) is 19.0 Å². The molecule has 1 aromatic carbocycles. The van der Waals surface area contributed by atoms with Gasteiger partial charge in [-0.3, -0.25) is 0 Å². The van der Waals surface area contributed by atoms with Gasteiger partial charge in [0.05, 0.1) is 5.69 Å². The Morgan fingerprint density at radius 1 is 1.33 bits per heavy atom. The zero-order chi connectivity index (χ0) is 8.97. The summed E-state index contributed by atoms with van der Waals surface area (Å²) in [6.07, 6.45) is 0. The van der Waals surface area contributed by atoms with Gasteiger partial charge in [0.2, 0.25) is 0 Å². The van der Waals surface area contributed by atoms with E-state index in [1.165, 1.54) is 0 Å². The monoisotopic (exact) mass is 170 g/mol. The number of hydrogen-bond acceptors (Lipinski definition) is 3. The van der Waals surface area contributed by atoms with E-state index in [1.807, 2.05) is 0 Å². The average Bonchev–Trinajstić information content (AvgIpc) is 2.03. The Hall–Kier alpha value is -1.45. The Morgan fingerprint density at radius 3 is 2.67 bits per heavy atom. The quantitative estimate of drug-likeness (QED) is 0.670. The molecule has 1 rings (SSSR count). The second-order valence-electron chi connectivity index (χ2n) is 2.33. The Bertz CT molecular complexity index is 265. The number of alkyl halides is 1. The highest BCUT2D eigenvalue weighted by Crippen LogP contribution is 2.23. The fourth-order valence-electron chi connectivity index (χ4n) is 0.847. The van der Waals surface area contributed by atoms with Crippen molar-refractivity contribution >= 4 is 11.4 Å². The van der Waals surface area contributed by atoms with Crippen molar-refractivity contribution < 1.29 is 9.13 Å². The molecule has 0 aliphatic heterocycles. The van der Waals surface area contributed by atoms with E-state index in [-0.39, 0.29) is 6.61 Å². The topological polar surface area (TPSA) is 61.3 Å². The molecule has 4 heteroatoms. The van der Waals surface area contributed by atoms with E-state index in [4.69, 9.17) is 16.2 Å². The molecule has 0 atom stereocenters. The van der Waals surface area contributed by atoms with Crippen molar-refractivity contribution in [2.24, 2.45) is 0 Å². The highest BCUT2D eigenvalue weighted by Gasteiger charge is 1.99. The van der Waals surface area contributed by atoms with Crippen LogP contribution in [0.25, 0.3) is 0 Å². The average molecular weight is 170 g/mol. The minimum absolute atomic E-state index is 0.0219. The molecule has 4 N–H and O–H groups in total. The van der Waals surface area contributed by atoms with E-state index in [1.54, 1.807) is 18.2 Å². The normalized spacial score (nSPS) is 9.75. The van der Waals surface area contributed by atoms with Crippen LogP contribution >= 0.6 is 0 Å². The maximum absolute atomic E-state index is 11.7. The molecule has 0 radical (unpaired) electrons. The molecule has 0 saturated carbocycles. The van der Waals surface area contributed by atoms with Gasteiger partial charge in [0.25, 0.3) is 0 Å². The number of benzene rings is 1. The third kappa shape index (κ3) is 2.02. The van der Waals surface area contributed by atoms with Crippen molar-refractivity contribution in [1.29, 1.82) is 0 Å². The van der Waals surface area contributed by atoms with Gasteiger partial charge in [-0.05, 0) is 18.2 Å². The van der Waals surface area contributed by atoms with Crippen LogP contribution in [0.3, 0.4) is 0 Å². The van der Waals surface area contributed by atoms with Crippen molar-refractivity contribution in [2.75, 3.05) is 24.7 Å².